The van der Waals surface area contributed by atoms with Crippen molar-refractivity contribution >= 4 is 35.2 Å². The Labute approximate surface area is 209 Å². The molecule has 0 saturated heterocycles. The van der Waals surface area contributed by atoms with Crippen molar-refractivity contribution < 1.29 is 14.3 Å². The Kier molecular flexibility index (Phi) is 6.84. The molecular formula is C28H26ClN3O3. The molecule has 2 heterocycles. The van der Waals surface area contributed by atoms with Gasteiger partial charge >= 0.3 is 0 Å². The number of nitrogens with one attached hydrogen (secondary N) is 2. The molecule has 2 N–H and O–H groups in total. The summed E-state index contributed by atoms with van der Waals surface area (Å²) in [5.41, 5.74) is 4.45. The summed E-state index contributed by atoms with van der Waals surface area (Å²) in [4.78, 5) is 27.6. The molecule has 2 aliphatic rings. The number of nitrogens with zero attached hydrogens (tertiary/aromatic N) is 1. The average Bonchev–Trinajstić information content (AvgIpc) is 2.88. The van der Waals surface area contributed by atoms with E-state index >= 15 is 0 Å². The first-order valence-corrected chi connectivity index (χ1v) is 12.1. The lowest BCUT2D eigenvalue weighted by Crippen LogP contribution is -2.33. The summed E-state index contributed by atoms with van der Waals surface area (Å²) in [6, 6.07) is 20.8. The Balaban J connectivity index is 1.15. The SMILES string of the molecule is O=C1Nc2cc(C(=O)NCCCN3CCc4ccccc4C3)ccc2OC1=Cc1ccccc1Cl. The summed E-state index contributed by atoms with van der Waals surface area (Å²) in [7, 11) is 0. The Morgan fingerprint density at radius 2 is 1.89 bits per heavy atom. The van der Waals surface area contributed by atoms with Crippen molar-refractivity contribution in [3.05, 3.63) is 99.8 Å². The van der Waals surface area contributed by atoms with Crippen LogP contribution in [0.4, 0.5) is 5.69 Å². The molecule has 35 heavy (non-hydrogen) atoms. The van der Waals surface area contributed by atoms with E-state index in [1.807, 2.05) is 12.1 Å². The first kappa shape index (κ1) is 23.1. The first-order valence-electron chi connectivity index (χ1n) is 11.7. The highest BCUT2D eigenvalue weighted by molar-refractivity contribution is 6.32. The van der Waals surface area contributed by atoms with Gasteiger partial charge in [0.05, 0.1) is 5.69 Å². The Hall–Kier alpha value is -3.61. The van der Waals surface area contributed by atoms with Crippen LogP contribution in [0.2, 0.25) is 5.02 Å². The third kappa shape index (κ3) is 5.39. The molecule has 2 amide bonds. The molecule has 6 nitrogen and oxygen atoms in total. The van der Waals surface area contributed by atoms with Crippen LogP contribution in [0, 0.1) is 0 Å². The predicted octanol–water partition coefficient (Wildman–Crippen LogP) is 4.89. The molecule has 0 aliphatic carbocycles. The topological polar surface area (TPSA) is 70.7 Å². The van der Waals surface area contributed by atoms with Crippen LogP contribution in [0.3, 0.4) is 0 Å². The fourth-order valence-corrected chi connectivity index (χ4v) is 4.58. The van der Waals surface area contributed by atoms with Crippen LogP contribution in [0.15, 0.2) is 72.5 Å². The van der Waals surface area contributed by atoms with Gasteiger partial charge in [0.15, 0.2) is 11.5 Å². The summed E-state index contributed by atoms with van der Waals surface area (Å²) in [6.07, 6.45) is 3.54. The molecule has 2 aliphatic heterocycles. The van der Waals surface area contributed by atoms with E-state index in [1.54, 1.807) is 36.4 Å². The average molecular weight is 488 g/mol. The number of rotatable bonds is 6. The highest BCUT2D eigenvalue weighted by atomic mass is 35.5. The highest BCUT2D eigenvalue weighted by Crippen LogP contribution is 2.33. The molecule has 3 aromatic rings. The van der Waals surface area contributed by atoms with Crippen LogP contribution in [0.25, 0.3) is 6.08 Å². The largest absolute Gasteiger partial charge is 0.449 e. The van der Waals surface area contributed by atoms with Gasteiger partial charge in [0, 0.05) is 36.8 Å². The van der Waals surface area contributed by atoms with Gasteiger partial charge in [-0.05, 0) is 59.9 Å². The number of benzene rings is 3. The third-order valence-corrected chi connectivity index (χ3v) is 6.62. The number of carbonyl (C=O) groups excluding carboxylic acids is 2. The normalized spacial score (nSPS) is 16.1. The molecule has 0 bridgehead atoms. The van der Waals surface area contributed by atoms with E-state index in [-0.39, 0.29) is 11.7 Å². The van der Waals surface area contributed by atoms with Crippen molar-refractivity contribution in [3.8, 4) is 5.75 Å². The maximum atomic E-state index is 12.7. The quantitative estimate of drug-likeness (QED) is 0.383. The van der Waals surface area contributed by atoms with Gasteiger partial charge in [-0.15, -0.1) is 0 Å². The van der Waals surface area contributed by atoms with Gasteiger partial charge in [0.25, 0.3) is 11.8 Å². The molecule has 178 valence electrons. The molecule has 0 atom stereocenters. The van der Waals surface area contributed by atoms with Gasteiger partial charge in [-0.25, -0.2) is 0 Å². The summed E-state index contributed by atoms with van der Waals surface area (Å²) in [6.45, 7) is 3.52. The van der Waals surface area contributed by atoms with E-state index < -0.39 is 5.91 Å². The smallest absolute Gasteiger partial charge is 0.291 e. The third-order valence-electron chi connectivity index (χ3n) is 6.27. The van der Waals surface area contributed by atoms with Crippen molar-refractivity contribution in [1.29, 1.82) is 0 Å². The number of hydrogen-bond donors (Lipinski definition) is 2. The van der Waals surface area contributed by atoms with Crippen LogP contribution in [-0.4, -0.2) is 36.3 Å². The van der Waals surface area contributed by atoms with Crippen LogP contribution >= 0.6 is 11.6 Å². The lowest BCUT2D eigenvalue weighted by molar-refractivity contribution is -0.115. The monoisotopic (exact) mass is 487 g/mol. The van der Waals surface area contributed by atoms with Gasteiger partial charge in [0.1, 0.15) is 0 Å². The molecule has 0 radical (unpaired) electrons. The maximum Gasteiger partial charge on any atom is 0.291 e. The second-order valence-corrected chi connectivity index (χ2v) is 9.11. The van der Waals surface area contributed by atoms with E-state index in [0.717, 1.165) is 32.5 Å². The molecule has 0 saturated carbocycles. The Morgan fingerprint density at radius 1 is 1.09 bits per heavy atom. The molecule has 0 unspecified atom stereocenters. The standard InChI is InChI=1S/C28H26ClN3O3/c29-23-9-4-3-7-20(23)17-26-28(34)31-24-16-21(10-11-25(24)35-26)27(33)30-13-5-14-32-15-12-19-6-1-2-8-22(19)18-32/h1-4,6-11,16-17H,5,12-15,18H2,(H,30,33)(H,31,34). The van der Waals surface area contributed by atoms with E-state index in [9.17, 15) is 9.59 Å². The second-order valence-electron chi connectivity index (χ2n) is 8.70. The Morgan fingerprint density at radius 3 is 2.74 bits per heavy atom. The Bertz CT molecular complexity index is 1300. The molecule has 7 heteroatoms. The minimum absolute atomic E-state index is 0.142. The van der Waals surface area contributed by atoms with Crippen molar-refractivity contribution in [2.45, 2.75) is 19.4 Å². The number of hydrogen-bond acceptors (Lipinski definition) is 4. The predicted molar refractivity (Wildman–Crippen MR) is 138 cm³/mol. The van der Waals surface area contributed by atoms with Crippen molar-refractivity contribution in [1.82, 2.24) is 10.2 Å². The molecule has 3 aromatic carbocycles. The zero-order chi connectivity index (χ0) is 24.2. The minimum Gasteiger partial charge on any atom is -0.449 e. The van der Waals surface area contributed by atoms with Gasteiger partial charge in [-0.2, -0.15) is 0 Å². The van der Waals surface area contributed by atoms with Crippen LogP contribution in [-0.2, 0) is 17.8 Å². The van der Waals surface area contributed by atoms with Crippen LogP contribution in [0.5, 0.6) is 5.75 Å². The number of fused-ring (bicyclic) bond motifs is 2. The zero-order valence-corrected chi connectivity index (χ0v) is 20.0. The van der Waals surface area contributed by atoms with Crippen LogP contribution in [0.1, 0.15) is 33.5 Å². The van der Waals surface area contributed by atoms with E-state index in [0.29, 0.717) is 34.1 Å². The minimum atomic E-state index is -0.391. The fourth-order valence-electron chi connectivity index (χ4n) is 4.39. The lowest BCUT2D eigenvalue weighted by Gasteiger charge is -2.28. The summed E-state index contributed by atoms with van der Waals surface area (Å²) in [5, 5.41) is 6.31. The first-order chi connectivity index (χ1) is 17.1. The van der Waals surface area contributed by atoms with E-state index in [2.05, 4.69) is 39.8 Å². The zero-order valence-electron chi connectivity index (χ0n) is 19.2. The summed E-state index contributed by atoms with van der Waals surface area (Å²) >= 11 is 6.18. The maximum absolute atomic E-state index is 12.7. The number of anilines is 1. The highest BCUT2D eigenvalue weighted by Gasteiger charge is 2.23. The molecule has 0 aromatic heterocycles. The van der Waals surface area contributed by atoms with Crippen LogP contribution < -0.4 is 15.4 Å². The number of carbonyl (C=O) groups is 2. The lowest BCUT2D eigenvalue weighted by atomic mass is 10.00. The number of ether oxygens (including phenoxy) is 1. The molecule has 0 fully saturated rings. The van der Waals surface area contributed by atoms with E-state index in [4.69, 9.17) is 16.3 Å². The van der Waals surface area contributed by atoms with Crippen molar-refractivity contribution in [3.63, 3.8) is 0 Å². The van der Waals surface area contributed by atoms with E-state index in [1.165, 1.54) is 11.1 Å². The second kappa shape index (κ2) is 10.3. The number of amides is 2. The van der Waals surface area contributed by atoms with Gasteiger partial charge in [-0.3, -0.25) is 14.5 Å². The molecule has 5 rings (SSSR count). The summed E-state index contributed by atoms with van der Waals surface area (Å²) < 4.78 is 5.78. The van der Waals surface area contributed by atoms with Gasteiger partial charge in [-0.1, -0.05) is 54.1 Å². The van der Waals surface area contributed by atoms with Crippen molar-refractivity contribution in [2.75, 3.05) is 25.0 Å². The molecule has 0 spiro atoms. The fraction of sp³-hybridized carbons (Fsp3) is 0.214. The van der Waals surface area contributed by atoms with Gasteiger partial charge < -0.3 is 15.4 Å². The number of halogens is 1. The summed E-state index contributed by atoms with van der Waals surface area (Å²) in [5.74, 6) is 0.0505. The molecular weight excluding hydrogens is 462 g/mol. The van der Waals surface area contributed by atoms with Gasteiger partial charge in [0.2, 0.25) is 0 Å². The van der Waals surface area contributed by atoms with Crippen molar-refractivity contribution in [2.24, 2.45) is 0 Å².